The SMILES string of the molecule is Cc1cccc2nc(CCl)n(-c3ccc(I)cc3)c12. The molecule has 0 N–H and O–H groups in total. The van der Waals surface area contributed by atoms with Gasteiger partial charge in [0.1, 0.15) is 5.82 Å². The average Bonchev–Trinajstić information content (AvgIpc) is 2.80. The minimum absolute atomic E-state index is 0.403. The second-order valence-electron chi connectivity index (χ2n) is 4.42. The second kappa shape index (κ2) is 5.13. The number of imidazole rings is 1. The topological polar surface area (TPSA) is 17.8 Å². The van der Waals surface area contributed by atoms with E-state index in [9.17, 15) is 0 Å². The van der Waals surface area contributed by atoms with E-state index >= 15 is 0 Å². The van der Waals surface area contributed by atoms with Gasteiger partial charge in [0.25, 0.3) is 0 Å². The maximum atomic E-state index is 6.05. The summed E-state index contributed by atoms with van der Waals surface area (Å²) in [4.78, 5) is 4.62. The van der Waals surface area contributed by atoms with E-state index in [1.54, 1.807) is 0 Å². The summed E-state index contributed by atoms with van der Waals surface area (Å²) in [5.74, 6) is 1.28. The van der Waals surface area contributed by atoms with Crippen LogP contribution in [0.4, 0.5) is 0 Å². The van der Waals surface area contributed by atoms with Gasteiger partial charge in [-0.2, -0.15) is 0 Å². The van der Waals surface area contributed by atoms with E-state index in [4.69, 9.17) is 11.6 Å². The van der Waals surface area contributed by atoms with Gasteiger partial charge in [-0.1, -0.05) is 12.1 Å². The monoisotopic (exact) mass is 382 g/mol. The fraction of sp³-hybridized carbons (Fsp3) is 0.133. The summed E-state index contributed by atoms with van der Waals surface area (Å²) in [7, 11) is 0. The molecule has 0 unspecified atom stereocenters. The van der Waals surface area contributed by atoms with Crippen molar-refractivity contribution >= 4 is 45.2 Å². The molecule has 0 aliphatic rings. The Balaban J connectivity index is 2.35. The van der Waals surface area contributed by atoms with Crippen LogP contribution in [0.1, 0.15) is 11.4 Å². The molecule has 19 heavy (non-hydrogen) atoms. The zero-order valence-corrected chi connectivity index (χ0v) is 13.3. The Bertz CT molecular complexity index is 732. The van der Waals surface area contributed by atoms with Gasteiger partial charge in [0.15, 0.2) is 0 Å². The third-order valence-corrected chi connectivity index (χ3v) is 4.11. The maximum absolute atomic E-state index is 6.05. The van der Waals surface area contributed by atoms with Crippen molar-refractivity contribution < 1.29 is 0 Å². The quantitative estimate of drug-likeness (QED) is 0.465. The molecule has 4 heteroatoms. The van der Waals surface area contributed by atoms with E-state index in [-0.39, 0.29) is 0 Å². The molecule has 2 nitrogen and oxygen atoms in total. The van der Waals surface area contributed by atoms with E-state index in [0.717, 1.165) is 22.5 Å². The molecule has 0 spiro atoms. The molecule has 3 rings (SSSR count). The molecule has 0 amide bonds. The van der Waals surface area contributed by atoms with Gasteiger partial charge in [0.2, 0.25) is 0 Å². The number of para-hydroxylation sites is 1. The number of fused-ring (bicyclic) bond motifs is 1. The first-order valence-electron chi connectivity index (χ1n) is 5.99. The molecule has 0 saturated carbocycles. The van der Waals surface area contributed by atoms with Crippen LogP contribution in [0.3, 0.4) is 0 Å². The summed E-state index contributed by atoms with van der Waals surface area (Å²) in [6.07, 6.45) is 0. The Morgan fingerprint density at radius 1 is 1.16 bits per heavy atom. The van der Waals surface area contributed by atoms with Crippen LogP contribution < -0.4 is 0 Å². The van der Waals surface area contributed by atoms with Gasteiger partial charge in [-0.25, -0.2) is 4.98 Å². The largest absolute Gasteiger partial charge is 0.295 e. The van der Waals surface area contributed by atoms with Crippen LogP contribution in [-0.2, 0) is 5.88 Å². The van der Waals surface area contributed by atoms with Crippen molar-refractivity contribution in [3.8, 4) is 5.69 Å². The highest BCUT2D eigenvalue weighted by molar-refractivity contribution is 14.1. The fourth-order valence-corrected chi connectivity index (χ4v) is 2.84. The van der Waals surface area contributed by atoms with E-state index in [1.165, 1.54) is 9.13 Å². The number of hydrogen-bond donors (Lipinski definition) is 0. The second-order valence-corrected chi connectivity index (χ2v) is 5.93. The smallest absolute Gasteiger partial charge is 0.129 e. The first kappa shape index (κ1) is 12.9. The van der Waals surface area contributed by atoms with Crippen molar-refractivity contribution in [3.05, 3.63) is 57.4 Å². The Kier molecular flexibility index (Phi) is 3.50. The van der Waals surface area contributed by atoms with Crippen molar-refractivity contribution in [2.75, 3.05) is 0 Å². The van der Waals surface area contributed by atoms with E-state index < -0.39 is 0 Å². The van der Waals surface area contributed by atoms with Gasteiger partial charge in [-0.3, -0.25) is 4.57 Å². The lowest BCUT2D eigenvalue weighted by Crippen LogP contribution is -2.00. The summed E-state index contributed by atoms with van der Waals surface area (Å²) in [5, 5.41) is 0. The highest BCUT2D eigenvalue weighted by Gasteiger charge is 2.13. The van der Waals surface area contributed by atoms with Crippen LogP contribution in [0.5, 0.6) is 0 Å². The van der Waals surface area contributed by atoms with Crippen molar-refractivity contribution in [1.82, 2.24) is 9.55 Å². The minimum Gasteiger partial charge on any atom is -0.295 e. The summed E-state index contributed by atoms with van der Waals surface area (Å²) >= 11 is 8.36. The number of hydrogen-bond acceptors (Lipinski definition) is 1. The van der Waals surface area contributed by atoms with Crippen molar-refractivity contribution in [3.63, 3.8) is 0 Å². The number of rotatable bonds is 2. The maximum Gasteiger partial charge on any atom is 0.129 e. The molecular formula is C15H12ClIN2. The standard InChI is InChI=1S/C15H12ClIN2/c1-10-3-2-4-13-15(10)19(14(9-16)18-13)12-7-5-11(17)6-8-12/h2-8H,9H2,1H3. The fourth-order valence-electron chi connectivity index (χ4n) is 2.30. The highest BCUT2D eigenvalue weighted by Crippen LogP contribution is 2.25. The number of alkyl halides is 1. The molecule has 1 aromatic heterocycles. The molecule has 1 heterocycles. The van der Waals surface area contributed by atoms with Crippen LogP contribution in [0, 0.1) is 10.5 Å². The summed E-state index contributed by atoms with van der Waals surface area (Å²) < 4.78 is 3.36. The molecule has 96 valence electrons. The molecule has 0 aliphatic carbocycles. The summed E-state index contributed by atoms with van der Waals surface area (Å²) in [5.41, 5.74) is 4.45. The van der Waals surface area contributed by atoms with Crippen LogP contribution in [0.25, 0.3) is 16.7 Å². The van der Waals surface area contributed by atoms with Crippen LogP contribution in [-0.4, -0.2) is 9.55 Å². The third-order valence-electron chi connectivity index (χ3n) is 3.15. The molecule has 2 aromatic carbocycles. The summed E-state index contributed by atoms with van der Waals surface area (Å²) in [6, 6.07) is 14.6. The number of halogens is 2. The molecule has 0 saturated heterocycles. The molecule has 0 aliphatic heterocycles. The predicted molar refractivity (Wildman–Crippen MR) is 88.1 cm³/mol. The van der Waals surface area contributed by atoms with Crippen molar-refractivity contribution in [2.45, 2.75) is 12.8 Å². The lowest BCUT2D eigenvalue weighted by atomic mass is 10.2. The molecule has 0 bridgehead atoms. The molecule has 3 aromatic rings. The molecular weight excluding hydrogens is 371 g/mol. The van der Waals surface area contributed by atoms with Gasteiger partial charge in [0.05, 0.1) is 16.9 Å². The van der Waals surface area contributed by atoms with Gasteiger partial charge in [0, 0.05) is 9.26 Å². The lowest BCUT2D eigenvalue weighted by Gasteiger charge is -2.09. The van der Waals surface area contributed by atoms with Gasteiger partial charge in [-0.15, -0.1) is 11.6 Å². The normalized spacial score (nSPS) is 11.1. The van der Waals surface area contributed by atoms with Crippen LogP contribution >= 0.6 is 34.2 Å². The third kappa shape index (κ3) is 2.25. The Labute approximate surface area is 130 Å². The van der Waals surface area contributed by atoms with Gasteiger partial charge < -0.3 is 0 Å². The Morgan fingerprint density at radius 2 is 1.89 bits per heavy atom. The van der Waals surface area contributed by atoms with E-state index in [0.29, 0.717) is 5.88 Å². The molecule has 0 atom stereocenters. The number of benzene rings is 2. The zero-order chi connectivity index (χ0) is 13.4. The molecule has 0 radical (unpaired) electrons. The lowest BCUT2D eigenvalue weighted by molar-refractivity contribution is 0.978. The van der Waals surface area contributed by atoms with E-state index in [2.05, 4.69) is 69.4 Å². The zero-order valence-electron chi connectivity index (χ0n) is 10.4. The number of aromatic nitrogens is 2. The first-order chi connectivity index (χ1) is 9.20. The first-order valence-corrected chi connectivity index (χ1v) is 7.61. The van der Waals surface area contributed by atoms with Gasteiger partial charge >= 0.3 is 0 Å². The number of aryl methyl sites for hydroxylation is 1. The Hall–Kier alpha value is -1.07. The van der Waals surface area contributed by atoms with E-state index in [1.807, 2.05) is 12.1 Å². The van der Waals surface area contributed by atoms with Crippen molar-refractivity contribution in [1.29, 1.82) is 0 Å². The Morgan fingerprint density at radius 3 is 2.58 bits per heavy atom. The molecule has 0 fully saturated rings. The highest BCUT2D eigenvalue weighted by atomic mass is 127. The van der Waals surface area contributed by atoms with Gasteiger partial charge in [-0.05, 0) is 65.4 Å². The number of nitrogens with zero attached hydrogens (tertiary/aromatic N) is 2. The minimum atomic E-state index is 0.403. The van der Waals surface area contributed by atoms with Crippen LogP contribution in [0.15, 0.2) is 42.5 Å². The average molecular weight is 383 g/mol. The van der Waals surface area contributed by atoms with Crippen molar-refractivity contribution in [2.24, 2.45) is 0 Å². The summed E-state index contributed by atoms with van der Waals surface area (Å²) in [6.45, 7) is 2.10. The predicted octanol–water partition coefficient (Wildman–Crippen LogP) is 4.68. The van der Waals surface area contributed by atoms with Crippen LogP contribution in [0.2, 0.25) is 0 Å².